The van der Waals surface area contributed by atoms with Crippen LogP contribution in [0.2, 0.25) is 0 Å². The number of hydrogen-bond donors (Lipinski definition) is 3. The predicted molar refractivity (Wildman–Crippen MR) is 59.0 cm³/mol. The van der Waals surface area contributed by atoms with Crippen LogP contribution in [0, 0.1) is 12.7 Å². The summed E-state index contributed by atoms with van der Waals surface area (Å²) in [6, 6.07) is 1.42. The van der Waals surface area contributed by atoms with Crippen molar-refractivity contribution in [1.29, 1.82) is 0 Å². The zero-order valence-electron chi connectivity index (χ0n) is 9.42. The van der Waals surface area contributed by atoms with E-state index < -0.39 is 11.6 Å². The molecule has 1 unspecified atom stereocenters. The predicted octanol–water partition coefficient (Wildman–Crippen LogP) is 1.92. The van der Waals surface area contributed by atoms with E-state index in [0.29, 0.717) is 11.1 Å². The van der Waals surface area contributed by atoms with Crippen molar-refractivity contribution in [3.63, 3.8) is 0 Å². The number of halogens is 1. The molecule has 16 heavy (non-hydrogen) atoms. The maximum Gasteiger partial charge on any atom is 0.194 e. The zero-order valence-corrected chi connectivity index (χ0v) is 9.42. The lowest BCUT2D eigenvalue weighted by Crippen LogP contribution is -2.32. The van der Waals surface area contributed by atoms with Gasteiger partial charge in [-0.2, -0.15) is 0 Å². The van der Waals surface area contributed by atoms with Gasteiger partial charge in [0, 0.05) is 11.5 Å². The second-order valence-corrected chi connectivity index (χ2v) is 4.70. The molecule has 1 atom stereocenters. The first-order chi connectivity index (χ1) is 7.40. The minimum Gasteiger partial charge on any atom is -0.504 e. The largest absolute Gasteiger partial charge is 0.504 e. The third-order valence-electron chi connectivity index (χ3n) is 3.60. The van der Waals surface area contributed by atoms with Crippen molar-refractivity contribution >= 4 is 0 Å². The zero-order chi connectivity index (χ0) is 12.1. The summed E-state index contributed by atoms with van der Waals surface area (Å²) in [6.45, 7) is 3.47. The molecule has 1 aromatic rings. The standard InChI is InChI=1S/C12H16FNO2/c1-6-5-8(9(13)11(16)10(6)15)12(3-4-12)7(2)14/h5,7,15-16H,3-4,14H2,1-2H3. The molecule has 0 saturated heterocycles. The molecule has 1 aromatic carbocycles. The topological polar surface area (TPSA) is 66.5 Å². The van der Waals surface area contributed by atoms with Gasteiger partial charge in [-0.3, -0.25) is 0 Å². The van der Waals surface area contributed by atoms with Crippen molar-refractivity contribution in [3.8, 4) is 11.5 Å². The average molecular weight is 225 g/mol. The number of aryl methyl sites for hydroxylation is 1. The Morgan fingerprint density at radius 2 is 1.94 bits per heavy atom. The Morgan fingerprint density at radius 1 is 1.38 bits per heavy atom. The highest BCUT2D eigenvalue weighted by Crippen LogP contribution is 2.53. The van der Waals surface area contributed by atoms with Crippen molar-refractivity contribution in [2.75, 3.05) is 0 Å². The van der Waals surface area contributed by atoms with Crippen LogP contribution in [0.15, 0.2) is 6.07 Å². The number of phenolic OH excluding ortho intramolecular Hbond substituents is 2. The van der Waals surface area contributed by atoms with E-state index in [1.807, 2.05) is 6.92 Å². The van der Waals surface area contributed by atoms with Gasteiger partial charge in [0.05, 0.1) is 0 Å². The number of nitrogens with two attached hydrogens (primary N) is 1. The number of aromatic hydroxyl groups is 2. The summed E-state index contributed by atoms with van der Waals surface area (Å²) in [5.74, 6) is -1.79. The van der Waals surface area contributed by atoms with Crippen LogP contribution in [0.3, 0.4) is 0 Å². The van der Waals surface area contributed by atoms with Crippen molar-refractivity contribution in [2.45, 2.75) is 38.1 Å². The molecule has 0 bridgehead atoms. The molecule has 88 valence electrons. The van der Waals surface area contributed by atoms with Crippen LogP contribution in [0.4, 0.5) is 4.39 Å². The summed E-state index contributed by atoms with van der Waals surface area (Å²) in [5.41, 5.74) is 6.40. The van der Waals surface area contributed by atoms with Crippen molar-refractivity contribution < 1.29 is 14.6 Å². The van der Waals surface area contributed by atoms with Crippen molar-refractivity contribution in [2.24, 2.45) is 5.73 Å². The first-order valence-corrected chi connectivity index (χ1v) is 5.37. The second kappa shape index (κ2) is 3.35. The molecular formula is C12H16FNO2. The molecule has 1 aliphatic carbocycles. The molecule has 1 saturated carbocycles. The van der Waals surface area contributed by atoms with Gasteiger partial charge in [0.1, 0.15) is 0 Å². The van der Waals surface area contributed by atoms with Crippen LogP contribution in [-0.4, -0.2) is 16.3 Å². The Kier molecular flexibility index (Phi) is 2.35. The van der Waals surface area contributed by atoms with E-state index in [-0.39, 0.29) is 17.2 Å². The maximum atomic E-state index is 13.9. The SMILES string of the molecule is Cc1cc(C2(C(C)N)CC2)c(F)c(O)c1O. The quantitative estimate of drug-likeness (QED) is 0.674. The van der Waals surface area contributed by atoms with Crippen LogP contribution in [-0.2, 0) is 5.41 Å². The number of hydrogen-bond acceptors (Lipinski definition) is 3. The summed E-state index contributed by atoms with van der Waals surface area (Å²) in [6.07, 6.45) is 1.65. The summed E-state index contributed by atoms with van der Waals surface area (Å²) in [5, 5.41) is 18.9. The lowest BCUT2D eigenvalue weighted by atomic mass is 9.87. The van der Waals surface area contributed by atoms with Gasteiger partial charge < -0.3 is 15.9 Å². The van der Waals surface area contributed by atoms with Crippen molar-refractivity contribution in [1.82, 2.24) is 0 Å². The highest BCUT2D eigenvalue weighted by Gasteiger charge is 2.49. The summed E-state index contributed by atoms with van der Waals surface area (Å²) in [7, 11) is 0. The molecule has 0 aromatic heterocycles. The molecule has 4 N–H and O–H groups in total. The summed E-state index contributed by atoms with van der Waals surface area (Å²) < 4.78 is 13.9. The van der Waals surface area contributed by atoms with Crippen LogP contribution in [0.5, 0.6) is 11.5 Å². The van der Waals surface area contributed by atoms with E-state index in [1.54, 1.807) is 13.0 Å². The van der Waals surface area contributed by atoms with Gasteiger partial charge in [0.15, 0.2) is 17.3 Å². The number of phenols is 2. The molecule has 0 spiro atoms. The Morgan fingerprint density at radius 3 is 2.38 bits per heavy atom. The highest BCUT2D eigenvalue weighted by molar-refractivity contribution is 5.52. The molecule has 0 radical (unpaired) electrons. The number of rotatable bonds is 2. The fraction of sp³-hybridized carbons (Fsp3) is 0.500. The minimum absolute atomic E-state index is 0.162. The normalized spacial score (nSPS) is 19.5. The molecule has 0 heterocycles. The molecule has 2 rings (SSSR count). The maximum absolute atomic E-state index is 13.9. The number of benzene rings is 1. The first-order valence-electron chi connectivity index (χ1n) is 5.37. The van der Waals surface area contributed by atoms with E-state index in [2.05, 4.69) is 0 Å². The van der Waals surface area contributed by atoms with Crippen LogP contribution in [0.1, 0.15) is 30.9 Å². The molecule has 1 fully saturated rings. The van der Waals surface area contributed by atoms with E-state index in [0.717, 1.165) is 12.8 Å². The van der Waals surface area contributed by atoms with Gasteiger partial charge in [-0.05, 0) is 43.9 Å². The Hall–Kier alpha value is -1.29. The molecule has 0 amide bonds. The van der Waals surface area contributed by atoms with E-state index in [1.165, 1.54) is 0 Å². The highest BCUT2D eigenvalue weighted by atomic mass is 19.1. The Bertz CT molecular complexity index is 439. The molecule has 1 aliphatic rings. The van der Waals surface area contributed by atoms with Crippen LogP contribution < -0.4 is 5.73 Å². The van der Waals surface area contributed by atoms with Gasteiger partial charge in [-0.15, -0.1) is 0 Å². The van der Waals surface area contributed by atoms with Gasteiger partial charge in [0.25, 0.3) is 0 Å². The third kappa shape index (κ3) is 1.37. The van der Waals surface area contributed by atoms with Gasteiger partial charge >= 0.3 is 0 Å². The summed E-state index contributed by atoms with van der Waals surface area (Å²) >= 11 is 0. The van der Waals surface area contributed by atoms with Crippen LogP contribution >= 0.6 is 0 Å². The fourth-order valence-electron chi connectivity index (χ4n) is 2.23. The molecule has 0 aliphatic heterocycles. The van der Waals surface area contributed by atoms with Gasteiger partial charge in [-0.25, -0.2) is 4.39 Å². The Labute approximate surface area is 93.7 Å². The van der Waals surface area contributed by atoms with Crippen LogP contribution in [0.25, 0.3) is 0 Å². The van der Waals surface area contributed by atoms with E-state index >= 15 is 0 Å². The Balaban J connectivity index is 2.59. The second-order valence-electron chi connectivity index (χ2n) is 4.70. The summed E-state index contributed by atoms with van der Waals surface area (Å²) in [4.78, 5) is 0. The first kappa shape index (κ1) is 11.2. The van der Waals surface area contributed by atoms with Crippen molar-refractivity contribution in [3.05, 3.63) is 23.0 Å². The van der Waals surface area contributed by atoms with Gasteiger partial charge in [0.2, 0.25) is 0 Å². The van der Waals surface area contributed by atoms with E-state index in [4.69, 9.17) is 5.73 Å². The monoisotopic (exact) mass is 225 g/mol. The smallest absolute Gasteiger partial charge is 0.194 e. The minimum atomic E-state index is -0.738. The average Bonchev–Trinajstić information content (AvgIpc) is 3.01. The molecule has 4 heteroatoms. The lowest BCUT2D eigenvalue weighted by Gasteiger charge is -2.22. The van der Waals surface area contributed by atoms with E-state index in [9.17, 15) is 14.6 Å². The van der Waals surface area contributed by atoms with Gasteiger partial charge in [-0.1, -0.05) is 0 Å². The molecular weight excluding hydrogens is 209 g/mol. The third-order valence-corrected chi connectivity index (χ3v) is 3.60. The molecule has 3 nitrogen and oxygen atoms in total. The lowest BCUT2D eigenvalue weighted by molar-refractivity contribution is 0.369. The fourth-order valence-corrected chi connectivity index (χ4v) is 2.23.